The first-order valence-electron chi connectivity index (χ1n) is 11.7. The molecule has 0 unspecified atom stereocenters. The van der Waals surface area contributed by atoms with Gasteiger partial charge in [0.05, 0.1) is 41.9 Å². The minimum atomic E-state index is -0.582. The molecule has 0 bridgehead atoms. The van der Waals surface area contributed by atoms with E-state index in [1.807, 2.05) is 19.3 Å². The molecule has 2 atom stereocenters. The summed E-state index contributed by atoms with van der Waals surface area (Å²) in [6.07, 6.45) is 6.51. The van der Waals surface area contributed by atoms with E-state index in [-0.39, 0.29) is 11.9 Å². The number of hydrogen-bond acceptors (Lipinski definition) is 6. The number of fused-ring (bicyclic) bond motifs is 3. The fraction of sp³-hybridized carbons (Fsp3) is 0.231. The number of aromatic amines is 1. The van der Waals surface area contributed by atoms with E-state index in [2.05, 4.69) is 30.7 Å². The highest BCUT2D eigenvalue weighted by Crippen LogP contribution is 2.36. The fourth-order valence-electron chi connectivity index (χ4n) is 4.76. The van der Waals surface area contributed by atoms with Gasteiger partial charge in [-0.15, -0.1) is 0 Å². The van der Waals surface area contributed by atoms with E-state index < -0.39 is 11.9 Å². The SMILES string of the molecule is Cn1cc(-c2cc3c(cn2)[nH]c2ncc(F)c(-c4ccc(C(=O)N[C@H]5CNCC[C@@H]5O)cc4)c23)cn1. The van der Waals surface area contributed by atoms with Crippen LogP contribution in [0.25, 0.3) is 44.3 Å². The number of nitrogens with zero attached hydrogens (tertiary/aromatic N) is 4. The zero-order valence-electron chi connectivity index (χ0n) is 19.5. The molecule has 0 radical (unpaired) electrons. The Labute approximate surface area is 205 Å². The molecule has 1 amide bonds. The van der Waals surface area contributed by atoms with Crippen molar-refractivity contribution in [2.24, 2.45) is 7.05 Å². The second-order valence-corrected chi connectivity index (χ2v) is 9.07. The van der Waals surface area contributed by atoms with Crippen LogP contribution >= 0.6 is 0 Å². The summed E-state index contributed by atoms with van der Waals surface area (Å²) in [5.41, 5.74) is 4.32. The van der Waals surface area contributed by atoms with Crippen molar-refractivity contribution in [3.8, 4) is 22.4 Å². The number of aliphatic hydroxyl groups excluding tert-OH is 1. The summed E-state index contributed by atoms with van der Waals surface area (Å²) in [4.78, 5) is 24.7. The van der Waals surface area contributed by atoms with Gasteiger partial charge in [-0.2, -0.15) is 5.10 Å². The van der Waals surface area contributed by atoms with Crippen LogP contribution in [0.4, 0.5) is 4.39 Å². The topological polar surface area (TPSA) is 121 Å². The summed E-state index contributed by atoms with van der Waals surface area (Å²) in [6, 6.07) is 8.33. The van der Waals surface area contributed by atoms with E-state index in [9.17, 15) is 9.90 Å². The highest BCUT2D eigenvalue weighted by Gasteiger charge is 2.25. The lowest BCUT2D eigenvalue weighted by Crippen LogP contribution is -2.53. The first-order valence-corrected chi connectivity index (χ1v) is 11.7. The minimum absolute atomic E-state index is 0.283. The van der Waals surface area contributed by atoms with Crippen molar-refractivity contribution >= 4 is 27.8 Å². The van der Waals surface area contributed by atoms with Gasteiger partial charge in [-0.3, -0.25) is 14.5 Å². The highest BCUT2D eigenvalue weighted by atomic mass is 19.1. The number of carbonyl (C=O) groups is 1. The van der Waals surface area contributed by atoms with E-state index in [1.165, 1.54) is 6.20 Å². The number of piperidine rings is 1. The normalized spacial score (nSPS) is 18.1. The van der Waals surface area contributed by atoms with Crippen LogP contribution in [0.3, 0.4) is 0 Å². The number of aliphatic hydroxyl groups is 1. The van der Waals surface area contributed by atoms with Crippen molar-refractivity contribution in [1.82, 2.24) is 35.4 Å². The van der Waals surface area contributed by atoms with Crippen LogP contribution in [0.5, 0.6) is 0 Å². The van der Waals surface area contributed by atoms with Crippen molar-refractivity contribution < 1.29 is 14.3 Å². The molecular weight excluding hydrogens is 461 g/mol. The Bertz CT molecular complexity index is 1590. The number of H-pyrrole nitrogens is 1. The van der Waals surface area contributed by atoms with E-state index in [0.29, 0.717) is 40.7 Å². The number of aromatic nitrogens is 5. The largest absolute Gasteiger partial charge is 0.391 e. The molecule has 10 heteroatoms. The lowest BCUT2D eigenvalue weighted by atomic mass is 9.99. The number of halogens is 1. The first kappa shape index (κ1) is 22.3. The maximum Gasteiger partial charge on any atom is 0.251 e. The Balaban J connectivity index is 1.38. The van der Waals surface area contributed by atoms with Gasteiger partial charge in [-0.1, -0.05) is 12.1 Å². The van der Waals surface area contributed by atoms with Gasteiger partial charge in [0.25, 0.3) is 5.91 Å². The van der Waals surface area contributed by atoms with Crippen LogP contribution in [0.1, 0.15) is 16.8 Å². The quantitative estimate of drug-likeness (QED) is 0.311. The van der Waals surface area contributed by atoms with Crippen molar-refractivity contribution in [2.45, 2.75) is 18.6 Å². The molecule has 5 heterocycles. The summed E-state index contributed by atoms with van der Waals surface area (Å²) in [6.45, 7) is 1.24. The van der Waals surface area contributed by atoms with E-state index in [0.717, 1.165) is 28.7 Å². The monoisotopic (exact) mass is 485 g/mol. The van der Waals surface area contributed by atoms with Crippen molar-refractivity contribution in [3.63, 3.8) is 0 Å². The Hall–Kier alpha value is -4.15. The summed E-state index contributed by atoms with van der Waals surface area (Å²) >= 11 is 0. The number of hydrogen-bond donors (Lipinski definition) is 4. The lowest BCUT2D eigenvalue weighted by molar-refractivity contribution is 0.0755. The molecule has 6 rings (SSSR count). The Morgan fingerprint density at radius 2 is 2.00 bits per heavy atom. The number of pyridine rings is 2. The van der Waals surface area contributed by atoms with Crippen LogP contribution in [-0.4, -0.2) is 61.0 Å². The molecule has 1 aliphatic heterocycles. The molecule has 1 saturated heterocycles. The van der Waals surface area contributed by atoms with Crippen molar-refractivity contribution in [2.75, 3.05) is 13.1 Å². The Morgan fingerprint density at radius 1 is 1.17 bits per heavy atom. The van der Waals surface area contributed by atoms with Gasteiger partial charge in [0.15, 0.2) is 0 Å². The number of rotatable bonds is 4. The zero-order chi connectivity index (χ0) is 24.8. The summed E-state index contributed by atoms with van der Waals surface area (Å²) < 4.78 is 16.9. The molecule has 0 spiro atoms. The molecule has 1 aliphatic rings. The van der Waals surface area contributed by atoms with Crippen LogP contribution in [0.15, 0.2) is 55.1 Å². The van der Waals surface area contributed by atoms with Crippen LogP contribution in [0, 0.1) is 5.82 Å². The highest BCUT2D eigenvalue weighted by molar-refractivity contribution is 6.13. The molecule has 5 aromatic rings. The number of carbonyl (C=O) groups excluding carboxylic acids is 1. The minimum Gasteiger partial charge on any atom is -0.391 e. The predicted octanol–water partition coefficient (Wildman–Crippen LogP) is 2.77. The summed E-state index contributed by atoms with van der Waals surface area (Å²) in [5, 5.41) is 21.8. The second kappa shape index (κ2) is 8.81. The fourth-order valence-corrected chi connectivity index (χ4v) is 4.76. The molecule has 1 aromatic carbocycles. The molecule has 9 nitrogen and oxygen atoms in total. The molecular formula is C26H24FN7O2. The van der Waals surface area contributed by atoms with Crippen LogP contribution in [0.2, 0.25) is 0 Å². The number of benzene rings is 1. The average molecular weight is 486 g/mol. The van der Waals surface area contributed by atoms with Gasteiger partial charge in [-0.25, -0.2) is 9.37 Å². The third-order valence-corrected chi connectivity index (χ3v) is 6.66. The number of aryl methyl sites for hydroxylation is 1. The molecule has 4 aromatic heterocycles. The summed E-state index contributed by atoms with van der Waals surface area (Å²) in [7, 11) is 1.84. The van der Waals surface area contributed by atoms with Crippen LogP contribution in [-0.2, 0) is 7.05 Å². The van der Waals surface area contributed by atoms with Crippen LogP contribution < -0.4 is 10.6 Å². The maximum absolute atomic E-state index is 15.2. The van der Waals surface area contributed by atoms with E-state index >= 15 is 4.39 Å². The smallest absolute Gasteiger partial charge is 0.251 e. The van der Waals surface area contributed by atoms with E-state index in [1.54, 1.807) is 41.3 Å². The summed E-state index contributed by atoms with van der Waals surface area (Å²) in [5.74, 6) is -0.745. The second-order valence-electron chi connectivity index (χ2n) is 9.07. The van der Waals surface area contributed by atoms with Gasteiger partial charge in [-0.05, 0) is 36.7 Å². The third-order valence-electron chi connectivity index (χ3n) is 6.66. The Kier molecular flexibility index (Phi) is 5.46. The van der Waals surface area contributed by atoms with Crippen molar-refractivity contribution in [1.29, 1.82) is 0 Å². The van der Waals surface area contributed by atoms with Gasteiger partial charge < -0.3 is 20.7 Å². The Morgan fingerprint density at radius 3 is 2.75 bits per heavy atom. The molecule has 1 fully saturated rings. The maximum atomic E-state index is 15.2. The molecule has 4 N–H and O–H groups in total. The number of amides is 1. The molecule has 36 heavy (non-hydrogen) atoms. The predicted molar refractivity (Wildman–Crippen MR) is 134 cm³/mol. The zero-order valence-corrected chi connectivity index (χ0v) is 19.5. The average Bonchev–Trinajstić information content (AvgIpc) is 3.48. The third kappa shape index (κ3) is 3.90. The molecule has 182 valence electrons. The van der Waals surface area contributed by atoms with E-state index in [4.69, 9.17) is 0 Å². The molecule has 0 aliphatic carbocycles. The van der Waals surface area contributed by atoms with Gasteiger partial charge in [0.1, 0.15) is 11.5 Å². The van der Waals surface area contributed by atoms with Crippen molar-refractivity contribution in [3.05, 3.63) is 66.5 Å². The van der Waals surface area contributed by atoms with Gasteiger partial charge in [0.2, 0.25) is 0 Å². The van der Waals surface area contributed by atoms with Gasteiger partial charge >= 0.3 is 0 Å². The standard InChI is InChI=1S/C26H24FN7O2/c1-34-13-16(9-31-34)19-8-17-20(12-29-19)32-25-24(17)23(18(27)10-30-25)14-2-4-15(5-3-14)26(36)33-21-11-28-7-6-22(21)35/h2-5,8-10,12-13,21-22,28,35H,6-7,11H2,1H3,(H,30,32)(H,33,36)/t21-,22-/m0/s1. The van der Waals surface area contributed by atoms with Gasteiger partial charge in [0, 0.05) is 47.3 Å². The molecule has 0 saturated carbocycles. The lowest BCUT2D eigenvalue weighted by Gasteiger charge is -2.29. The first-order chi connectivity index (χ1) is 17.5. The number of nitrogens with one attached hydrogen (secondary N) is 3.